The molecule has 1 fully saturated rings. The van der Waals surface area contributed by atoms with Crippen LogP contribution in [0.5, 0.6) is 0 Å². The van der Waals surface area contributed by atoms with Gasteiger partial charge in [0.1, 0.15) is 0 Å². The average Bonchev–Trinajstić information content (AvgIpc) is 2.37. The molecule has 0 aromatic heterocycles. The maximum Gasteiger partial charge on any atom is 0.0627 e. The highest BCUT2D eigenvalue weighted by atomic mass is 35.5. The van der Waals surface area contributed by atoms with Crippen LogP contribution in [-0.2, 0) is 0 Å². The van der Waals surface area contributed by atoms with Crippen LogP contribution in [0.2, 0.25) is 10.0 Å². The summed E-state index contributed by atoms with van der Waals surface area (Å²) < 4.78 is 0. The SMILES string of the molecule is CC1CCC(C(CN)c2cccc(Cl)c2Cl)CC1. The van der Waals surface area contributed by atoms with Gasteiger partial charge in [-0.1, -0.05) is 55.1 Å². The molecule has 2 rings (SSSR count). The Morgan fingerprint density at radius 2 is 1.89 bits per heavy atom. The standard InChI is InChI=1S/C15H21Cl2N/c1-10-5-7-11(8-6-10)13(9-18)12-3-2-4-14(16)15(12)17/h2-4,10-11,13H,5-9,18H2,1H3. The molecule has 1 nitrogen and oxygen atoms in total. The number of hydrogen-bond acceptors (Lipinski definition) is 1. The van der Waals surface area contributed by atoms with Crippen LogP contribution in [0.1, 0.15) is 44.1 Å². The number of nitrogens with two attached hydrogens (primary N) is 1. The first kappa shape index (κ1) is 14.2. The van der Waals surface area contributed by atoms with Gasteiger partial charge in [-0.25, -0.2) is 0 Å². The third-order valence-corrected chi connectivity index (χ3v) is 5.10. The minimum absolute atomic E-state index is 0.351. The van der Waals surface area contributed by atoms with Gasteiger partial charge in [0, 0.05) is 5.92 Å². The highest BCUT2D eigenvalue weighted by Gasteiger charge is 2.27. The molecule has 0 saturated heterocycles. The Bertz CT molecular complexity index is 397. The van der Waals surface area contributed by atoms with Crippen LogP contribution in [0.15, 0.2) is 18.2 Å². The Balaban J connectivity index is 2.20. The van der Waals surface area contributed by atoms with Gasteiger partial charge in [-0.3, -0.25) is 0 Å². The Morgan fingerprint density at radius 1 is 1.22 bits per heavy atom. The predicted molar refractivity (Wildman–Crippen MR) is 79.4 cm³/mol. The molecule has 18 heavy (non-hydrogen) atoms. The molecule has 0 bridgehead atoms. The fourth-order valence-electron chi connectivity index (χ4n) is 3.07. The van der Waals surface area contributed by atoms with Gasteiger partial charge in [-0.2, -0.15) is 0 Å². The van der Waals surface area contributed by atoms with Gasteiger partial charge in [-0.05, 0) is 42.9 Å². The van der Waals surface area contributed by atoms with E-state index in [0.29, 0.717) is 28.4 Å². The molecule has 0 radical (unpaired) electrons. The van der Waals surface area contributed by atoms with E-state index < -0.39 is 0 Å². The molecule has 1 aliphatic carbocycles. The van der Waals surface area contributed by atoms with Gasteiger partial charge in [0.2, 0.25) is 0 Å². The number of rotatable bonds is 3. The van der Waals surface area contributed by atoms with E-state index >= 15 is 0 Å². The van der Waals surface area contributed by atoms with Crippen LogP contribution in [-0.4, -0.2) is 6.54 Å². The summed E-state index contributed by atoms with van der Waals surface area (Å²) in [4.78, 5) is 0. The van der Waals surface area contributed by atoms with E-state index in [1.165, 1.54) is 25.7 Å². The lowest BCUT2D eigenvalue weighted by atomic mass is 9.74. The molecule has 2 N–H and O–H groups in total. The average molecular weight is 286 g/mol. The summed E-state index contributed by atoms with van der Waals surface area (Å²) in [5.41, 5.74) is 7.12. The summed E-state index contributed by atoms with van der Waals surface area (Å²) in [7, 11) is 0. The van der Waals surface area contributed by atoms with E-state index in [4.69, 9.17) is 28.9 Å². The van der Waals surface area contributed by atoms with E-state index in [0.717, 1.165) is 11.5 Å². The summed E-state index contributed by atoms with van der Waals surface area (Å²) in [5, 5.41) is 1.32. The van der Waals surface area contributed by atoms with E-state index in [1.54, 1.807) is 0 Å². The second kappa shape index (κ2) is 6.27. The van der Waals surface area contributed by atoms with Crippen LogP contribution < -0.4 is 5.73 Å². The second-order valence-electron chi connectivity index (χ2n) is 5.51. The lowest BCUT2D eigenvalue weighted by Gasteiger charge is -2.33. The van der Waals surface area contributed by atoms with Crippen LogP contribution >= 0.6 is 23.2 Å². The first-order chi connectivity index (χ1) is 8.63. The molecule has 1 saturated carbocycles. The molecule has 1 aromatic rings. The maximum absolute atomic E-state index is 6.33. The summed E-state index contributed by atoms with van der Waals surface area (Å²) in [5.74, 6) is 1.86. The molecule has 100 valence electrons. The van der Waals surface area contributed by atoms with Crippen molar-refractivity contribution < 1.29 is 0 Å². The van der Waals surface area contributed by atoms with Gasteiger partial charge in [0.15, 0.2) is 0 Å². The van der Waals surface area contributed by atoms with Crippen LogP contribution in [0, 0.1) is 11.8 Å². The van der Waals surface area contributed by atoms with Crippen LogP contribution in [0.4, 0.5) is 0 Å². The van der Waals surface area contributed by atoms with Crippen molar-refractivity contribution >= 4 is 23.2 Å². The Labute approximate surface area is 120 Å². The quantitative estimate of drug-likeness (QED) is 0.843. The Kier molecular flexibility index (Phi) is 4.94. The smallest absolute Gasteiger partial charge is 0.0627 e. The zero-order chi connectivity index (χ0) is 13.1. The molecule has 0 heterocycles. The fourth-order valence-corrected chi connectivity index (χ4v) is 3.52. The van der Waals surface area contributed by atoms with Gasteiger partial charge in [-0.15, -0.1) is 0 Å². The fraction of sp³-hybridized carbons (Fsp3) is 0.600. The molecule has 1 atom stereocenters. The summed E-state index contributed by atoms with van der Waals surface area (Å²) in [6.07, 6.45) is 5.12. The lowest BCUT2D eigenvalue weighted by molar-refractivity contribution is 0.256. The molecule has 0 aliphatic heterocycles. The number of hydrogen-bond donors (Lipinski definition) is 1. The van der Waals surface area contributed by atoms with Gasteiger partial charge < -0.3 is 5.73 Å². The minimum atomic E-state index is 0.351. The van der Waals surface area contributed by atoms with Crippen LogP contribution in [0.25, 0.3) is 0 Å². The van der Waals surface area contributed by atoms with Crippen molar-refractivity contribution in [3.8, 4) is 0 Å². The zero-order valence-electron chi connectivity index (χ0n) is 10.8. The Morgan fingerprint density at radius 3 is 2.50 bits per heavy atom. The normalized spacial score (nSPS) is 26.0. The summed E-state index contributed by atoms with van der Waals surface area (Å²) >= 11 is 12.4. The van der Waals surface area contributed by atoms with Crippen molar-refractivity contribution in [3.05, 3.63) is 33.8 Å². The van der Waals surface area contributed by atoms with E-state index in [2.05, 4.69) is 13.0 Å². The molecular weight excluding hydrogens is 265 g/mol. The molecular formula is C15H21Cl2N. The number of halogens is 2. The monoisotopic (exact) mass is 285 g/mol. The Hall–Kier alpha value is -0.240. The molecule has 1 unspecified atom stereocenters. The zero-order valence-corrected chi connectivity index (χ0v) is 12.3. The first-order valence-electron chi connectivity index (χ1n) is 6.77. The molecule has 0 amide bonds. The maximum atomic E-state index is 6.33. The summed E-state index contributed by atoms with van der Waals surface area (Å²) in [6.45, 7) is 2.99. The molecule has 1 aromatic carbocycles. The van der Waals surface area contributed by atoms with Gasteiger partial charge >= 0.3 is 0 Å². The highest BCUT2D eigenvalue weighted by Crippen LogP contribution is 2.41. The topological polar surface area (TPSA) is 26.0 Å². The highest BCUT2D eigenvalue weighted by molar-refractivity contribution is 6.42. The van der Waals surface area contributed by atoms with E-state index in [-0.39, 0.29) is 0 Å². The third kappa shape index (κ3) is 3.01. The molecule has 1 aliphatic rings. The second-order valence-corrected chi connectivity index (χ2v) is 6.29. The van der Waals surface area contributed by atoms with Crippen molar-refractivity contribution in [2.24, 2.45) is 17.6 Å². The summed E-state index contributed by atoms with van der Waals surface area (Å²) in [6, 6.07) is 5.88. The molecule has 3 heteroatoms. The lowest BCUT2D eigenvalue weighted by Crippen LogP contribution is -2.25. The number of benzene rings is 1. The predicted octanol–water partition coefficient (Wildman–Crippen LogP) is 4.86. The van der Waals surface area contributed by atoms with E-state index in [9.17, 15) is 0 Å². The minimum Gasteiger partial charge on any atom is -0.330 e. The van der Waals surface area contributed by atoms with Crippen molar-refractivity contribution in [3.63, 3.8) is 0 Å². The molecule has 0 spiro atoms. The third-order valence-electron chi connectivity index (χ3n) is 4.26. The van der Waals surface area contributed by atoms with Crippen molar-refractivity contribution in [2.75, 3.05) is 6.54 Å². The van der Waals surface area contributed by atoms with Gasteiger partial charge in [0.05, 0.1) is 10.0 Å². The van der Waals surface area contributed by atoms with Crippen LogP contribution in [0.3, 0.4) is 0 Å². The van der Waals surface area contributed by atoms with Crippen molar-refractivity contribution in [1.82, 2.24) is 0 Å². The van der Waals surface area contributed by atoms with Crippen molar-refractivity contribution in [1.29, 1.82) is 0 Å². The van der Waals surface area contributed by atoms with Gasteiger partial charge in [0.25, 0.3) is 0 Å². The largest absolute Gasteiger partial charge is 0.330 e. The van der Waals surface area contributed by atoms with Crippen molar-refractivity contribution in [2.45, 2.75) is 38.5 Å². The van der Waals surface area contributed by atoms with E-state index in [1.807, 2.05) is 12.1 Å². The first-order valence-corrected chi connectivity index (χ1v) is 7.53.